The Labute approximate surface area is 263 Å². The number of nitrogens with zero attached hydrogens (tertiary/aromatic N) is 2. The van der Waals surface area contributed by atoms with Crippen LogP contribution in [0.4, 0.5) is 5.69 Å². The van der Waals surface area contributed by atoms with Crippen LogP contribution in [0.25, 0.3) is 0 Å². The number of benzene rings is 3. The molecule has 11 nitrogen and oxygen atoms in total. The van der Waals surface area contributed by atoms with Gasteiger partial charge in [0.1, 0.15) is 24.1 Å². The highest BCUT2D eigenvalue weighted by Gasteiger charge is 2.35. The van der Waals surface area contributed by atoms with Crippen molar-refractivity contribution in [3.05, 3.63) is 71.2 Å². The first-order valence-electron chi connectivity index (χ1n) is 13.7. The summed E-state index contributed by atoms with van der Waals surface area (Å²) in [5.41, 5.74) is 0.631. The third-order valence-electron chi connectivity index (χ3n) is 6.77. The minimum absolute atomic E-state index is 0.0481. The Balaban J connectivity index is 2.18. The molecular weight excluding hydrogens is 610 g/mol. The summed E-state index contributed by atoms with van der Waals surface area (Å²) in [5, 5.41) is 3.21. The number of anilines is 1. The van der Waals surface area contributed by atoms with E-state index in [0.29, 0.717) is 22.1 Å². The smallest absolute Gasteiger partial charge is 0.265 e. The maximum absolute atomic E-state index is 14.4. The number of methoxy groups -OCH3 is 4. The predicted octanol–water partition coefficient (Wildman–Crippen LogP) is 4.51. The summed E-state index contributed by atoms with van der Waals surface area (Å²) in [5.74, 6) is -0.0658. The minimum atomic E-state index is -4.46. The van der Waals surface area contributed by atoms with Gasteiger partial charge in [-0.3, -0.25) is 13.9 Å². The Morgan fingerprint density at radius 2 is 1.48 bits per heavy atom. The van der Waals surface area contributed by atoms with E-state index in [0.717, 1.165) is 4.31 Å². The fraction of sp³-hybridized carbons (Fsp3) is 0.355. The first kappa shape index (κ1) is 34.3. The summed E-state index contributed by atoms with van der Waals surface area (Å²) in [7, 11) is 1.18. The van der Waals surface area contributed by atoms with E-state index in [2.05, 4.69) is 5.32 Å². The number of nitrogens with one attached hydrogen (secondary N) is 1. The normalized spacial score (nSPS) is 11.8. The summed E-state index contributed by atoms with van der Waals surface area (Å²) in [6.07, 6.45) is 0. The average Bonchev–Trinajstić information content (AvgIpc) is 3.01. The van der Waals surface area contributed by atoms with Crippen molar-refractivity contribution >= 4 is 39.1 Å². The van der Waals surface area contributed by atoms with E-state index in [1.165, 1.54) is 63.7 Å². The molecule has 0 bridgehead atoms. The molecule has 3 rings (SSSR count). The van der Waals surface area contributed by atoms with Crippen molar-refractivity contribution in [1.82, 2.24) is 10.2 Å². The number of carbonyl (C=O) groups is 2. The Bertz CT molecular complexity index is 1580. The molecule has 0 unspecified atom stereocenters. The van der Waals surface area contributed by atoms with Gasteiger partial charge in [-0.1, -0.05) is 29.8 Å². The van der Waals surface area contributed by atoms with Crippen LogP contribution in [0.1, 0.15) is 26.3 Å². The predicted molar refractivity (Wildman–Crippen MR) is 168 cm³/mol. The van der Waals surface area contributed by atoms with Crippen molar-refractivity contribution in [2.75, 3.05) is 39.3 Å². The quantitative estimate of drug-likeness (QED) is 0.271. The Hall–Kier alpha value is -4.16. The molecule has 3 aromatic carbocycles. The van der Waals surface area contributed by atoms with E-state index in [1.807, 2.05) is 0 Å². The Morgan fingerprint density at radius 3 is 2.07 bits per heavy atom. The summed E-state index contributed by atoms with van der Waals surface area (Å²) in [4.78, 5) is 28.5. The first-order chi connectivity index (χ1) is 20.9. The molecule has 0 aliphatic rings. The summed E-state index contributed by atoms with van der Waals surface area (Å²) < 4.78 is 51.1. The van der Waals surface area contributed by atoms with Crippen LogP contribution in [0.5, 0.6) is 23.0 Å². The van der Waals surface area contributed by atoms with Gasteiger partial charge >= 0.3 is 0 Å². The second-order valence-corrected chi connectivity index (χ2v) is 12.3. The molecule has 0 aliphatic heterocycles. The van der Waals surface area contributed by atoms with E-state index in [1.54, 1.807) is 51.1 Å². The Kier molecular flexibility index (Phi) is 11.7. The van der Waals surface area contributed by atoms with E-state index < -0.39 is 34.4 Å². The first-order valence-corrected chi connectivity index (χ1v) is 15.5. The van der Waals surface area contributed by atoms with Crippen LogP contribution in [0.3, 0.4) is 0 Å². The van der Waals surface area contributed by atoms with Crippen molar-refractivity contribution in [3.8, 4) is 23.0 Å². The van der Waals surface area contributed by atoms with Gasteiger partial charge < -0.3 is 29.2 Å². The zero-order valence-corrected chi connectivity index (χ0v) is 27.4. The topological polar surface area (TPSA) is 124 Å². The molecule has 44 heavy (non-hydrogen) atoms. The SMILES string of the molecule is COc1ccc(OC)c(N(CC(=O)N(Cc2ccccc2Cl)[C@@H](C)C(=O)NC(C)C)S(=O)(=O)c2ccc(OC)c(OC)c2)c1. The van der Waals surface area contributed by atoms with Gasteiger partial charge in [-0.15, -0.1) is 0 Å². The van der Waals surface area contributed by atoms with Gasteiger partial charge in [0, 0.05) is 29.7 Å². The fourth-order valence-electron chi connectivity index (χ4n) is 4.41. The second kappa shape index (κ2) is 15.0. The van der Waals surface area contributed by atoms with Gasteiger partial charge in [-0.2, -0.15) is 0 Å². The lowest BCUT2D eigenvalue weighted by molar-refractivity contribution is -0.139. The molecule has 3 aromatic rings. The number of amides is 2. The fourth-order valence-corrected chi connectivity index (χ4v) is 6.04. The average molecular weight is 648 g/mol. The van der Waals surface area contributed by atoms with Crippen molar-refractivity contribution < 1.29 is 37.0 Å². The number of hydrogen-bond acceptors (Lipinski definition) is 8. The zero-order valence-electron chi connectivity index (χ0n) is 25.8. The summed E-state index contributed by atoms with van der Waals surface area (Å²) in [6.45, 7) is 4.44. The van der Waals surface area contributed by atoms with Crippen molar-refractivity contribution in [3.63, 3.8) is 0 Å². The van der Waals surface area contributed by atoms with Crippen molar-refractivity contribution in [1.29, 1.82) is 0 Å². The summed E-state index contributed by atoms with van der Waals surface area (Å²) >= 11 is 6.42. The van der Waals surface area contributed by atoms with E-state index in [9.17, 15) is 18.0 Å². The molecule has 1 atom stereocenters. The van der Waals surface area contributed by atoms with Crippen LogP contribution in [0.2, 0.25) is 5.02 Å². The van der Waals surface area contributed by atoms with E-state index in [4.69, 9.17) is 30.5 Å². The molecule has 13 heteroatoms. The van der Waals surface area contributed by atoms with Crippen LogP contribution in [-0.2, 0) is 26.2 Å². The molecule has 238 valence electrons. The highest BCUT2D eigenvalue weighted by Crippen LogP contribution is 2.38. The molecule has 0 fully saturated rings. The molecular formula is C31H38ClN3O8S. The largest absolute Gasteiger partial charge is 0.497 e. The van der Waals surface area contributed by atoms with Crippen LogP contribution >= 0.6 is 11.6 Å². The highest BCUT2D eigenvalue weighted by atomic mass is 35.5. The number of hydrogen-bond donors (Lipinski definition) is 1. The van der Waals surface area contributed by atoms with Crippen LogP contribution in [0, 0.1) is 0 Å². The molecule has 2 amide bonds. The van der Waals surface area contributed by atoms with Gasteiger partial charge in [0.05, 0.1) is 39.0 Å². The minimum Gasteiger partial charge on any atom is -0.497 e. The third kappa shape index (κ3) is 7.86. The highest BCUT2D eigenvalue weighted by molar-refractivity contribution is 7.92. The standard InChI is InChI=1S/C31H38ClN3O8S/c1-20(2)33-31(37)21(3)34(18-22-10-8-9-11-25(22)32)30(36)19-35(26-16-23(40-4)12-14-27(26)41-5)44(38,39)24-13-15-28(42-6)29(17-24)43-7/h8-17,20-21H,18-19H2,1-7H3,(H,33,37)/t21-/m0/s1. The van der Waals surface area contributed by atoms with Gasteiger partial charge in [0.25, 0.3) is 10.0 Å². The molecule has 0 heterocycles. The zero-order chi connectivity index (χ0) is 32.6. The number of carbonyl (C=O) groups excluding carboxylic acids is 2. The molecule has 0 spiro atoms. The molecule has 0 aromatic heterocycles. The van der Waals surface area contributed by atoms with Gasteiger partial charge in [0.15, 0.2) is 11.5 Å². The lowest BCUT2D eigenvalue weighted by atomic mass is 10.1. The second-order valence-electron chi connectivity index (χ2n) is 10.0. The van der Waals surface area contributed by atoms with Crippen LogP contribution in [0.15, 0.2) is 65.6 Å². The third-order valence-corrected chi connectivity index (χ3v) is 8.90. The van der Waals surface area contributed by atoms with Gasteiger partial charge in [0.2, 0.25) is 11.8 Å². The van der Waals surface area contributed by atoms with Gasteiger partial charge in [-0.05, 0) is 56.7 Å². The van der Waals surface area contributed by atoms with E-state index >= 15 is 0 Å². The monoisotopic (exact) mass is 647 g/mol. The van der Waals surface area contributed by atoms with Crippen LogP contribution < -0.4 is 28.6 Å². The maximum Gasteiger partial charge on any atom is 0.265 e. The lowest BCUT2D eigenvalue weighted by Gasteiger charge is -2.33. The van der Waals surface area contributed by atoms with E-state index in [-0.39, 0.29) is 34.7 Å². The maximum atomic E-state index is 14.4. The summed E-state index contributed by atoms with van der Waals surface area (Å²) in [6, 6.07) is 14.5. The molecule has 0 saturated heterocycles. The number of ether oxygens (including phenoxy) is 4. The number of sulfonamides is 1. The number of halogens is 1. The lowest BCUT2D eigenvalue weighted by Crippen LogP contribution is -2.52. The molecule has 0 saturated carbocycles. The van der Waals surface area contributed by atoms with Crippen LogP contribution in [-0.4, -0.2) is 72.2 Å². The van der Waals surface area contributed by atoms with Crippen molar-refractivity contribution in [2.24, 2.45) is 0 Å². The molecule has 0 aliphatic carbocycles. The Morgan fingerprint density at radius 1 is 0.841 bits per heavy atom. The van der Waals surface area contributed by atoms with Gasteiger partial charge in [-0.25, -0.2) is 8.42 Å². The molecule has 1 N–H and O–H groups in total. The van der Waals surface area contributed by atoms with Crippen molar-refractivity contribution in [2.45, 2.75) is 44.3 Å². The number of rotatable bonds is 14. The molecule has 0 radical (unpaired) electrons.